The quantitative estimate of drug-likeness (QED) is 0.505. The van der Waals surface area contributed by atoms with E-state index in [1.807, 2.05) is 19.1 Å². The minimum absolute atomic E-state index is 1.01. The Hall–Kier alpha value is -0.870. The fraction of sp³-hybridized carbons (Fsp3) is 0.167. The van der Waals surface area contributed by atoms with Crippen LogP contribution in [0.4, 0.5) is 0 Å². The summed E-state index contributed by atoms with van der Waals surface area (Å²) in [6, 6.07) is 10.5. The van der Waals surface area contributed by atoms with E-state index in [1.54, 1.807) is 0 Å². The van der Waals surface area contributed by atoms with Crippen LogP contribution in [0.25, 0.3) is 0 Å². The third-order valence-corrected chi connectivity index (χ3v) is 2.15. The standard InChI is InChI=1S/C12H15P/c1-2-3-9-12(13)10-11-7-5-4-6-8-11/h2-9H,10,13H2,1H3. The molecule has 1 aromatic rings. The molecule has 1 atom stereocenters. The van der Waals surface area contributed by atoms with Crippen molar-refractivity contribution in [2.24, 2.45) is 0 Å². The second-order valence-corrected chi connectivity index (χ2v) is 3.67. The summed E-state index contributed by atoms with van der Waals surface area (Å²) in [5.41, 5.74) is 1.35. The van der Waals surface area contributed by atoms with E-state index in [4.69, 9.17) is 0 Å². The molecule has 1 aromatic carbocycles. The summed E-state index contributed by atoms with van der Waals surface area (Å²) in [5, 5.41) is 1.31. The average molecular weight is 190 g/mol. The van der Waals surface area contributed by atoms with E-state index in [1.165, 1.54) is 10.9 Å². The van der Waals surface area contributed by atoms with Gasteiger partial charge in [-0.15, -0.1) is 9.24 Å². The van der Waals surface area contributed by atoms with E-state index < -0.39 is 0 Å². The summed E-state index contributed by atoms with van der Waals surface area (Å²) in [4.78, 5) is 0. The Morgan fingerprint density at radius 3 is 2.62 bits per heavy atom. The second kappa shape index (κ2) is 5.72. The molecule has 0 aliphatic carbocycles. The minimum Gasteiger partial charge on any atom is -0.110 e. The van der Waals surface area contributed by atoms with Crippen molar-refractivity contribution >= 4 is 9.24 Å². The van der Waals surface area contributed by atoms with Crippen LogP contribution >= 0.6 is 9.24 Å². The zero-order valence-corrected chi connectivity index (χ0v) is 9.06. The summed E-state index contributed by atoms with van der Waals surface area (Å²) in [6.45, 7) is 2.02. The summed E-state index contributed by atoms with van der Waals surface area (Å²) >= 11 is 0. The van der Waals surface area contributed by atoms with E-state index in [-0.39, 0.29) is 0 Å². The Morgan fingerprint density at radius 1 is 1.31 bits per heavy atom. The molecular weight excluding hydrogens is 175 g/mol. The minimum atomic E-state index is 1.01. The summed E-state index contributed by atoms with van der Waals surface area (Å²) in [6.07, 6.45) is 7.23. The van der Waals surface area contributed by atoms with E-state index in [0.29, 0.717) is 0 Å². The highest BCUT2D eigenvalue weighted by molar-refractivity contribution is 7.22. The van der Waals surface area contributed by atoms with Crippen molar-refractivity contribution in [3.63, 3.8) is 0 Å². The van der Waals surface area contributed by atoms with Gasteiger partial charge in [-0.05, 0) is 24.2 Å². The second-order valence-electron chi connectivity index (χ2n) is 2.93. The summed E-state index contributed by atoms with van der Waals surface area (Å²) in [5.74, 6) is 0. The molecule has 0 aliphatic rings. The van der Waals surface area contributed by atoms with E-state index in [9.17, 15) is 0 Å². The molecule has 0 nitrogen and oxygen atoms in total. The Morgan fingerprint density at radius 2 is 2.00 bits per heavy atom. The topological polar surface area (TPSA) is 0 Å². The zero-order valence-electron chi connectivity index (χ0n) is 7.90. The van der Waals surface area contributed by atoms with Gasteiger partial charge in [0, 0.05) is 0 Å². The first-order valence-corrected chi connectivity index (χ1v) is 5.02. The zero-order chi connectivity index (χ0) is 9.52. The molecule has 0 aliphatic heterocycles. The van der Waals surface area contributed by atoms with Crippen LogP contribution in [-0.4, -0.2) is 0 Å². The molecule has 0 spiro atoms. The lowest BCUT2D eigenvalue weighted by atomic mass is 10.1. The smallest absolute Gasteiger partial charge is 0.00266 e. The van der Waals surface area contributed by atoms with Gasteiger partial charge < -0.3 is 0 Å². The van der Waals surface area contributed by atoms with Crippen LogP contribution < -0.4 is 0 Å². The summed E-state index contributed by atoms with van der Waals surface area (Å²) < 4.78 is 0. The maximum atomic E-state index is 2.77. The van der Waals surface area contributed by atoms with Crippen molar-refractivity contribution in [1.29, 1.82) is 0 Å². The fourth-order valence-corrected chi connectivity index (χ4v) is 1.46. The molecule has 1 rings (SSSR count). The van der Waals surface area contributed by atoms with Gasteiger partial charge in [-0.25, -0.2) is 0 Å². The van der Waals surface area contributed by atoms with E-state index in [0.717, 1.165) is 6.42 Å². The van der Waals surface area contributed by atoms with Crippen LogP contribution in [0.1, 0.15) is 12.5 Å². The first kappa shape index (κ1) is 10.2. The molecule has 0 radical (unpaired) electrons. The normalized spacial score (nSPS) is 12.3. The van der Waals surface area contributed by atoms with Crippen LogP contribution in [0.5, 0.6) is 0 Å². The maximum absolute atomic E-state index is 2.77. The SMILES string of the molecule is CC=CC=C(P)Cc1ccccc1. The molecule has 0 aromatic heterocycles. The molecule has 0 heterocycles. The third kappa shape index (κ3) is 4.05. The molecular formula is C12H15P. The Kier molecular flexibility index (Phi) is 4.49. The highest BCUT2D eigenvalue weighted by Crippen LogP contribution is 2.13. The van der Waals surface area contributed by atoms with Gasteiger partial charge in [0.25, 0.3) is 0 Å². The Balaban J connectivity index is 2.60. The average Bonchev–Trinajstić information content (AvgIpc) is 2.16. The first-order chi connectivity index (χ1) is 6.33. The van der Waals surface area contributed by atoms with Gasteiger partial charge in [0.15, 0.2) is 0 Å². The van der Waals surface area contributed by atoms with Gasteiger partial charge >= 0.3 is 0 Å². The molecule has 0 N–H and O–H groups in total. The molecule has 1 heteroatoms. The third-order valence-electron chi connectivity index (χ3n) is 1.75. The lowest BCUT2D eigenvalue weighted by Gasteiger charge is -1.99. The predicted octanol–water partition coefficient (Wildman–Crippen LogP) is 3.56. The van der Waals surface area contributed by atoms with Crippen LogP contribution in [0.15, 0.2) is 53.9 Å². The van der Waals surface area contributed by atoms with Gasteiger partial charge in [0.2, 0.25) is 0 Å². The molecule has 1 unspecified atom stereocenters. The number of hydrogen-bond acceptors (Lipinski definition) is 0. The van der Waals surface area contributed by atoms with Crippen molar-refractivity contribution < 1.29 is 0 Å². The van der Waals surface area contributed by atoms with Gasteiger partial charge in [-0.1, -0.05) is 48.6 Å². The van der Waals surface area contributed by atoms with Crippen LogP contribution in [0, 0.1) is 0 Å². The maximum Gasteiger partial charge on any atom is -0.00266 e. The summed E-state index contributed by atoms with van der Waals surface area (Å²) in [7, 11) is 2.77. The Labute approximate surface area is 82.6 Å². The van der Waals surface area contributed by atoms with Crippen LogP contribution in [0.2, 0.25) is 0 Å². The van der Waals surface area contributed by atoms with E-state index in [2.05, 4.69) is 45.7 Å². The van der Waals surface area contributed by atoms with E-state index >= 15 is 0 Å². The highest BCUT2D eigenvalue weighted by atomic mass is 31.0. The largest absolute Gasteiger partial charge is 0.110 e. The molecule has 0 saturated heterocycles. The number of hydrogen-bond donors (Lipinski definition) is 0. The van der Waals surface area contributed by atoms with Crippen LogP contribution in [-0.2, 0) is 6.42 Å². The van der Waals surface area contributed by atoms with Crippen molar-refractivity contribution in [3.05, 3.63) is 59.4 Å². The van der Waals surface area contributed by atoms with Crippen molar-refractivity contribution in [3.8, 4) is 0 Å². The van der Waals surface area contributed by atoms with Gasteiger partial charge in [-0.2, -0.15) is 0 Å². The van der Waals surface area contributed by atoms with Crippen LogP contribution in [0.3, 0.4) is 0 Å². The predicted molar refractivity (Wildman–Crippen MR) is 62.8 cm³/mol. The van der Waals surface area contributed by atoms with Crippen molar-refractivity contribution in [1.82, 2.24) is 0 Å². The molecule has 68 valence electrons. The van der Waals surface area contributed by atoms with Crippen molar-refractivity contribution in [2.75, 3.05) is 0 Å². The van der Waals surface area contributed by atoms with Gasteiger partial charge in [0.1, 0.15) is 0 Å². The Bertz CT molecular complexity index is 296. The monoisotopic (exact) mass is 190 g/mol. The molecule has 13 heavy (non-hydrogen) atoms. The molecule has 0 fully saturated rings. The lowest BCUT2D eigenvalue weighted by molar-refractivity contribution is 1.25. The molecule has 0 amide bonds. The number of rotatable bonds is 3. The highest BCUT2D eigenvalue weighted by Gasteiger charge is 1.91. The van der Waals surface area contributed by atoms with Crippen molar-refractivity contribution in [2.45, 2.75) is 13.3 Å². The number of allylic oxidation sites excluding steroid dienone is 4. The molecule has 0 saturated carbocycles. The van der Waals surface area contributed by atoms with Gasteiger partial charge in [-0.3, -0.25) is 0 Å². The first-order valence-electron chi connectivity index (χ1n) is 4.44. The fourth-order valence-electron chi connectivity index (χ4n) is 1.11. The van der Waals surface area contributed by atoms with Gasteiger partial charge in [0.05, 0.1) is 0 Å². The lowest BCUT2D eigenvalue weighted by Crippen LogP contribution is -1.82. The molecule has 0 bridgehead atoms. The number of benzene rings is 1.